The number of rotatable bonds is 6. The smallest absolute Gasteiger partial charge is 0.329 e. The highest BCUT2D eigenvalue weighted by Crippen LogP contribution is 2.33. The van der Waals surface area contributed by atoms with Gasteiger partial charge in [0.15, 0.2) is 0 Å². The Hall–Kier alpha value is -1.64. The fourth-order valence-corrected chi connectivity index (χ4v) is 3.99. The van der Waals surface area contributed by atoms with Crippen LogP contribution in [-0.4, -0.2) is 56.2 Å². The first kappa shape index (κ1) is 15.7. The van der Waals surface area contributed by atoms with Gasteiger partial charge in [-0.3, -0.25) is 0 Å². The highest BCUT2D eigenvalue weighted by molar-refractivity contribution is 7.89. The van der Waals surface area contributed by atoms with Gasteiger partial charge in [-0.15, -0.1) is 0 Å². The summed E-state index contributed by atoms with van der Waals surface area (Å²) in [6.07, 6.45) is 0. The number of hydrogen-bond acceptors (Lipinski definition) is 5. The summed E-state index contributed by atoms with van der Waals surface area (Å²) in [7, 11) is -2.27. The van der Waals surface area contributed by atoms with E-state index in [0.717, 1.165) is 0 Å². The van der Waals surface area contributed by atoms with E-state index in [-0.39, 0.29) is 23.7 Å². The van der Waals surface area contributed by atoms with Crippen molar-refractivity contribution in [1.29, 1.82) is 0 Å². The summed E-state index contributed by atoms with van der Waals surface area (Å²) in [6.45, 7) is 1.46. The lowest BCUT2D eigenvalue weighted by Crippen LogP contribution is -2.63. The van der Waals surface area contributed by atoms with Crippen LogP contribution in [0.3, 0.4) is 0 Å². The summed E-state index contributed by atoms with van der Waals surface area (Å²) in [6, 6.07) is 6.36. The van der Waals surface area contributed by atoms with Crippen molar-refractivity contribution < 1.29 is 27.8 Å². The molecule has 0 aromatic heterocycles. The number of ether oxygens (including phenoxy) is 2. The van der Waals surface area contributed by atoms with Crippen molar-refractivity contribution >= 4 is 16.0 Å². The Bertz CT molecular complexity index is 636. The van der Waals surface area contributed by atoms with Gasteiger partial charge >= 0.3 is 5.97 Å². The molecule has 0 spiro atoms. The van der Waals surface area contributed by atoms with Gasteiger partial charge in [0.1, 0.15) is 17.3 Å². The maximum Gasteiger partial charge on any atom is 0.329 e. The third-order valence-electron chi connectivity index (χ3n) is 3.25. The first-order chi connectivity index (χ1) is 9.78. The van der Waals surface area contributed by atoms with Crippen LogP contribution in [0.15, 0.2) is 29.2 Å². The fourth-order valence-electron chi connectivity index (χ4n) is 2.17. The van der Waals surface area contributed by atoms with Gasteiger partial charge in [-0.05, 0) is 19.1 Å². The quantitative estimate of drug-likeness (QED) is 0.824. The topological polar surface area (TPSA) is 93.1 Å². The first-order valence-electron chi connectivity index (χ1n) is 6.27. The monoisotopic (exact) mass is 315 g/mol. The van der Waals surface area contributed by atoms with Gasteiger partial charge in [-0.25, -0.2) is 13.2 Å². The van der Waals surface area contributed by atoms with Crippen LogP contribution in [0.4, 0.5) is 0 Å². The first-order valence-corrected chi connectivity index (χ1v) is 7.71. The Balaban J connectivity index is 2.12. The molecular weight excluding hydrogens is 298 g/mol. The van der Waals surface area contributed by atoms with E-state index in [1.807, 2.05) is 0 Å². The molecule has 0 amide bonds. The van der Waals surface area contributed by atoms with Crippen molar-refractivity contribution in [2.24, 2.45) is 0 Å². The molecule has 7 nitrogen and oxygen atoms in total. The molecule has 1 aliphatic rings. The summed E-state index contributed by atoms with van der Waals surface area (Å²) in [5.74, 6) is -0.806. The van der Waals surface area contributed by atoms with Gasteiger partial charge in [0, 0.05) is 13.1 Å². The molecule has 2 rings (SSSR count). The van der Waals surface area contributed by atoms with E-state index in [1.165, 1.54) is 17.5 Å². The number of para-hydroxylation sites is 1. The van der Waals surface area contributed by atoms with Crippen molar-refractivity contribution in [3.63, 3.8) is 0 Å². The van der Waals surface area contributed by atoms with Gasteiger partial charge in [-0.1, -0.05) is 12.1 Å². The molecule has 1 saturated heterocycles. The number of methoxy groups -OCH3 is 1. The molecule has 0 aliphatic carbocycles. The summed E-state index contributed by atoms with van der Waals surface area (Å²) >= 11 is 0. The standard InChI is InChI=1S/C13H17NO6S/c1-13(20-7-12(15)16)8-14(9-13)21(17,18)11-6-4-3-5-10(11)19-2/h3-6H,7-9H2,1-2H3,(H,15,16). The Morgan fingerprint density at radius 2 is 2.00 bits per heavy atom. The van der Waals surface area contributed by atoms with E-state index in [4.69, 9.17) is 14.6 Å². The molecule has 1 heterocycles. The molecule has 0 saturated carbocycles. The summed E-state index contributed by atoms with van der Waals surface area (Å²) < 4.78 is 36.5. The minimum Gasteiger partial charge on any atom is -0.495 e. The zero-order chi connectivity index (χ0) is 15.7. The van der Waals surface area contributed by atoms with E-state index < -0.39 is 28.2 Å². The van der Waals surface area contributed by atoms with Crippen LogP contribution in [0.2, 0.25) is 0 Å². The molecular formula is C13H17NO6S. The number of hydrogen-bond donors (Lipinski definition) is 1. The number of carboxylic acid groups (broad SMARTS) is 1. The largest absolute Gasteiger partial charge is 0.495 e. The van der Waals surface area contributed by atoms with E-state index in [2.05, 4.69) is 0 Å². The molecule has 0 atom stereocenters. The molecule has 1 aromatic carbocycles. The van der Waals surface area contributed by atoms with Crippen LogP contribution < -0.4 is 4.74 Å². The van der Waals surface area contributed by atoms with Crippen molar-refractivity contribution in [3.05, 3.63) is 24.3 Å². The van der Waals surface area contributed by atoms with Gasteiger partial charge in [0.2, 0.25) is 10.0 Å². The van der Waals surface area contributed by atoms with Crippen LogP contribution in [0.5, 0.6) is 5.75 Å². The Labute approximate surface area is 123 Å². The van der Waals surface area contributed by atoms with Crippen LogP contribution in [0.25, 0.3) is 0 Å². The van der Waals surface area contributed by atoms with Crippen LogP contribution >= 0.6 is 0 Å². The lowest BCUT2D eigenvalue weighted by Gasteiger charge is -2.46. The lowest BCUT2D eigenvalue weighted by atomic mass is 10.0. The molecule has 1 N–H and O–H groups in total. The Kier molecular flexibility index (Phi) is 4.22. The fraction of sp³-hybridized carbons (Fsp3) is 0.462. The predicted octanol–water partition coefficient (Wildman–Crippen LogP) is 0.559. The number of carboxylic acids is 1. The highest BCUT2D eigenvalue weighted by Gasteiger charge is 2.47. The molecule has 8 heteroatoms. The van der Waals surface area contributed by atoms with Crippen molar-refractivity contribution in [1.82, 2.24) is 4.31 Å². The molecule has 0 radical (unpaired) electrons. The van der Waals surface area contributed by atoms with Gasteiger partial charge in [0.05, 0.1) is 12.7 Å². The zero-order valence-corrected chi connectivity index (χ0v) is 12.6. The van der Waals surface area contributed by atoms with Gasteiger partial charge in [-0.2, -0.15) is 4.31 Å². The van der Waals surface area contributed by atoms with Gasteiger partial charge in [0.25, 0.3) is 0 Å². The number of carbonyl (C=O) groups is 1. The normalized spacial score (nSPS) is 18.0. The third kappa shape index (κ3) is 3.17. The maximum absolute atomic E-state index is 12.5. The summed E-state index contributed by atoms with van der Waals surface area (Å²) in [5.41, 5.74) is -0.770. The highest BCUT2D eigenvalue weighted by atomic mass is 32.2. The van der Waals surface area contributed by atoms with Crippen molar-refractivity contribution in [2.75, 3.05) is 26.8 Å². The number of sulfonamides is 1. The van der Waals surface area contributed by atoms with Crippen LogP contribution in [-0.2, 0) is 19.6 Å². The van der Waals surface area contributed by atoms with E-state index in [1.54, 1.807) is 25.1 Å². The second-order valence-corrected chi connectivity index (χ2v) is 6.96. The second kappa shape index (κ2) is 5.63. The third-order valence-corrected chi connectivity index (χ3v) is 5.08. The predicted molar refractivity (Wildman–Crippen MR) is 73.7 cm³/mol. The average molecular weight is 315 g/mol. The van der Waals surface area contributed by atoms with Crippen molar-refractivity contribution in [3.8, 4) is 5.75 Å². The lowest BCUT2D eigenvalue weighted by molar-refractivity contribution is -0.157. The van der Waals surface area contributed by atoms with E-state index in [0.29, 0.717) is 0 Å². The molecule has 21 heavy (non-hydrogen) atoms. The number of aliphatic carboxylic acids is 1. The average Bonchev–Trinajstić information content (AvgIpc) is 2.42. The number of benzene rings is 1. The Morgan fingerprint density at radius 1 is 1.38 bits per heavy atom. The zero-order valence-electron chi connectivity index (χ0n) is 11.8. The molecule has 1 fully saturated rings. The minimum absolute atomic E-state index is 0.0905. The second-order valence-electron chi connectivity index (χ2n) is 5.06. The number of nitrogens with zero attached hydrogens (tertiary/aromatic N) is 1. The molecule has 116 valence electrons. The maximum atomic E-state index is 12.5. The van der Waals surface area contributed by atoms with E-state index >= 15 is 0 Å². The summed E-state index contributed by atoms with van der Waals surface area (Å²) in [5, 5.41) is 8.60. The molecule has 1 aliphatic heterocycles. The molecule has 0 unspecified atom stereocenters. The molecule has 0 bridgehead atoms. The summed E-state index contributed by atoms with van der Waals surface area (Å²) in [4.78, 5) is 10.6. The van der Waals surface area contributed by atoms with Crippen molar-refractivity contribution in [2.45, 2.75) is 17.4 Å². The Morgan fingerprint density at radius 3 is 2.57 bits per heavy atom. The SMILES string of the molecule is COc1ccccc1S(=O)(=O)N1CC(C)(OCC(=O)O)C1. The van der Waals surface area contributed by atoms with E-state index in [9.17, 15) is 13.2 Å². The minimum atomic E-state index is -3.67. The molecule has 1 aromatic rings. The van der Waals surface area contributed by atoms with Crippen LogP contribution in [0.1, 0.15) is 6.92 Å². The van der Waals surface area contributed by atoms with Gasteiger partial charge < -0.3 is 14.6 Å². The van der Waals surface area contributed by atoms with Crippen LogP contribution in [0, 0.1) is 0 Å².